The Bertz CT molecular complexity index is 1480. The van der Waals surface area contributed by atoms with E-state index in [0.29, 0.717) is 5.88 Å². The zero-order valence-electron chi connectivity index (χ0n) is 22.1. The average molecular weight is 534 g/mol. The highest BCUT2D eigenvalue weighted by molar-refractivity contribution is 6.17. The van der Waals surface area contributed by atoms with Crippen molar-refractivity contribution in [3.05, 3.63) is 139 Å². The van der Waals surface area contributed by atoms with E-state index in [1.807, 2.05) is 48.8 Å². The molecule has 1 aliphatic rings. The smallest absolute Gasteiger partial charge is 0.153 e. The van der Waals surface area contributed by atoms with Gasteiger partial charge < -0.3 is 4.74 Å². The quantitative estimate of drug-likeness (QED) is 0.207. The number of rotatable bonds is 6. The monoisotopic (exact) mass is 533 g/mol. The first-order valence-corrected chi connectivity index (χ1v) is 13.7. The molecule has 3 aromatic carbocycles. The zero-order chi connectivity index (χ0) is 26.9. The SMILES string of the molecule is CN(Cc1cccc(-c2cccnc2)c1)C1CCc2ccccc2O1.ClCc1cccc(-c2cccnc2)c1. The minimum absolute atomic E-state index is 0.122. The van der Waals surface area contributed by atoms with Crippen LogP contribution in [0.25, 0.3) is 22.3 Å². The summed E-state index contributed by atoms with van der Waals surface area (Å²) < 4.78 is 6.20. The number of aryl methyl sites for hydroxylation is 1. The number of benzene rings is 3. The van der Waals surface area contributed by atoms with E-state index in [0.717, 1.165) is 47.4 Å². The lowest BCUT2D eigenvalue weighted by molar-refractivity contribution is 0.0226. The van der Waals surface area contributed by atoms with Crippen LogP contribution in [0.1, 0.15) is 23.1 Å². The van der Waals surface area contributed by atoms with Gasteiger partial charge in [0.15, 0.2) is 6.23 Å². The van der Waals surface area contributed by atoms with Crippen LogP contribution >= 0.6 is 11.6 Å². The van der Waals surface area contributed by atoms with E-state index < -0.39 is 0 Å². The molecule has 3 heterocycles. The van der Waals surface area contributed by atoms with Gasteiger partial charge in [0.05, 0.1) is 0 Å². The van der Waals surface area contributed by atoms with Crippen molar-refractivity contribution in [1.29, 1.82) is 0 Å². The molecule has 5 heteroatoms. The maximum atomic E-state index is 6.20. The van der Waals surface area contributed by atoms with Gasteiger partial charge in [-0.25, -0.2) is 0 Å². The Morgan fingerprint density at radius 2 is 1.36 bits per heavy atom. The van der Waals surface area contributed by atoms with Gasteiger partial charge in [-0.05, 0) is 82.7 Å². The van der Waals surface area contributed by atoms with Crippen LogP contribution in [0.15, 0.2) is 122 Å². The Morgan fingerprint density at radius 1 is 0.744 bits per heavy atom. The number of fused-ring (bicyclic) bond motifs is 1. The summed E-state index contributed by atoms with van der Waals surface area (Å²) in [5, 5.41) is 0. The number of para-hydroxylation sites is 1. The van der Waals surface area contributed by atoms with Gasteiger partial charge in [0.2, 0.25) is 0 Å². The third-order valence-electron chi connectivity index (χ3n) is 6.82. The second kappa shape index (κ2) is 13.2. The third-order valence-corrected chi connectivity index (χ3v) is 7.13. The lowest BCUT2D eigenvalue weighted by atomic mass is 10.0. The summed E-state index contributed by atoms with van der Waals surface area (Å²) in [6.07, 6.45) is 9.56. The Balaban J connectivity index is 0.000000186. The second-order valence-electron chi connectivity index (χ2n) is 9.65. The molecule has 39 heavy (non-hydrogen) atoms. The molecule has 1 unspecified atom stereocenters. The van der Waals surface area contributed by atoms with Gasteiger partial charge in [-0.2, -0.15) is 0 Å². The summed E-state index contributed by atoms with van der Waals surface area (Å²) in [5.74, 6) is 1.57. The molecule has 0 saturated heterocycles. The third kappa shape index (κ3) is 7.11. The van der Waals surface area contributed by atoms with Crippen molar-refractivity contribution in [3.8, 4) is 28.0 Å². The van der Waals surface area contributed by atoms with Crippen LogP contribution in [0, 0.1) is 0 Å². The molecule has 0 amide bonds. The molecule has 0 N–H and O–H groups in total. The van der Waals surface area contributed by atoms with Gasteiger partial charge in [0.1, 0.15) is 5.75 Å². The molecule has 1 atom stereocenters. The lowest BCUT2D eigenvalue weighted by Gasteiger charge is -2.33. The minimum Gasteiger partial charge on any atom is -0.475 e. The molecule has 0 saturated carbocycles. The van der Waals surface area contributed by atoms with Crippen molar-refractivity contribution in [1.82, 2.24) is 14.9 Å². The Kier molecular flexibility index (Phi) is 9.00. The van der Waals surface area contributed by atoms with Crippen molar-refractivity contribution in [2.45, 2.75) is 31.5 Å². The van der Waals surface area contributed by atoms with Gasteiger partial charge in [0, 0.05) is 43.6 Å². The number of halogens is 1. The van der Waals surface area contributed by atoms with Crippen LogP contribution < -0.4 is 4.74 Å². The van der Waals surface area contributed by atoms with Crippen molar-refractivity contribution in [2.24, 2.45) is 0 Å². The fourth-order valence-corrected chi connectivity index (χ4v) is 4.93. The summed E-state index contributed by atoms with van der Waals surface area (Å²) in [7, 11) is 2.13. The topological polar surface area (TPSA) is 38.2 Å². The molecule has 0 bridgehead atoms. The molecule has 196 valence electrons. The number of hydrogen-bond donors (Lipinski definition) is 0. The van der Waals surface area contributed by atoms with Gasteiger partial charge in [-0.15, -0.1) is 11.6 Å². The fraction of sp³-hybridized carbons (Fsp3) is 0.176. The second-order valence-corrected chi connectivity index (χ2v) is 9.92. The molecular formula is C34H32ClN3O. The number of alkyl halides is 1. The van der Waals surface area contributed by atoms with E-state index in [1.165, 1.54) is 16.7 Å². The number of hydrogen-bond acceptors (Lipinski definition) is 4. The van der Waals surface area contributed by atoms with E-state index >= 15 is 0 Å². The first kappa shape index (κ1) is 26.6. The average Bonchev–Trinajstić information content (AvgIpc) is 3.02. The van der Waals surface area contributed by atoms with Crippen LogP contribution in [0.4, 0.5) is 0 Å². The normalized spacial score (nSPS) is 14.1. The number of aromatic nitrogens is 2. The Morgan fingerprint density at radius 3 is 2.00 bits per heavy atom. The standard InChI is InChI=1S/C22H22N2O.C12H10ClN/c1-24(22-12-11-18-7-2-3-10-21(18)25-22)16-17-6-4-8-19(14-17)20-9-5-13-23-15-20;13-8-10-3-1-4-11(7-10)12-5-2-6-14-9-12/h2-10,13-15,22H,11-12,16H2,1H3;1-7,9H,8H2. The van der Waals surface area contributed by atoms with Gasteiger partial charge in [-0.1, -0.05) is 66.7 Å². The van der Waals surface area contributed by atoms with E-state index in [9.17, 15) is 0 Å². The molecule has 5 aromatic rings. The first-order valence-electron chi connectivity index (χ1n) is 13.2. The molecule has 0 fully saturated rings. The van der Waals surface area contributed by atoms with Crippen LogP contribution in [0.2, 0.25) is 0 Å². The zero-order valence-corrected chi connectivity index (χ0v) is 22.8. The number of nitrogens with zero attached hydrogens (tertiary/aromatic N) is 3. The Hall–Kier alpha value is -3.99. The van der Waals surface area contributed by atoms with Crippen molar-refractivity contribution in [3.63, 3.8) is 0 Å². The summed E-state index contributed by atoms with van der Waals surface area (Å²) in [6, 6.07) is 33.2. The van der Waals surface area contributed by atoms with Crippen molar-refractivity contribution >= 4 is 11.6 Å². The van der Waals surface area contributed by atoms with Gasteiger partial charge in [-0.3, -0.25) is 14.9 Å². The number of ether oxygens (including phenoxy) is 1. The predicted molar refractivity (Wildman–Crippen MR) is 160 cm³/mol. The molecule has 4 nitrogen and oxygen atoms in total. The van der Waals surface area contributed by atoms with Gasteiger partial charge in [0.25, 0.3) is 0 Å². The molecule has 2 aromatic heterocycles. The first-order chi connectivity index (χ1) is 19.2. The van der Waals surface area contributed by atoms with Crippen molar-refractivity contribution < 1.29 is 4.74 Å². The molecule has 0 aliphatic carbocycles. The molecule has 6 rings (SSSR count). The fourth-order valence-electron chi connectivity index (χ4n) is 4.76. The minimum atomic E-state index is 0.122. The van der Waals surface area contributed by atoms with Crippen molar-refractivity contribution in [2.75, 3.05) is 7.05 Å². The highest BCUT2D eigenvalue weighted by atomic mass is 35.5. The number of pyridine rings is 2. The van der Waals surface area contributed by atoms with Crippen LogP contribution in [-0.2, 0) is 18.8 Å². The van der Waals surface area contributed by atoms with Crippen LogP contribution in [0.3, 0.4) is 0 Å². The summed E-state index contributed by atoms with van der Waals surface area (Å²) in [6.45, 7) is 0.862. The maximum absolute atomic E-state index is 6.20. The Labute approximate surface area is 235 Å². The molecular weight excluding hydrogens is 502 g/mol. The van der Waals surface area contributed by atoms with Gasteiger partial charge >= 0.3 is 0 Å². The summed E-state index contributed by atoms with van der Waals surface area (Å²) in [4.78, 5) is 10.6. The highest BCUT2D eigenvalue weighted by Crippen LogP contribution is 2.29. The van der Waals surface area contributed by atoms with Crippen LogP contribution in [-0.4, -0.2) is 28.1 Å². The maximum Gasteiger partial charge on any atom is 0.153 e. The van der Waals surface area contributed by atoms with E-state index in [-0.39, 0.29) is 6.23 Å². The molecule has 0 radical (unpaired) electrons. The summed E-state index contributed by atoms with van der Waals surface area (Å²) >= 11 is 5.77. The largest absolute Gasteiger partial charge is 0.475 e. The predicted octanol–water partition coefficient (Wildman–Crippen LogP) is 8.02. The highest BCUT2D eigenvalue weighted by Gasteiger charge is 2.23. The van der Waals surface area contributed by atoms with E-state index in [1.54, 1.807) is 12.4 Å². The van der Waals surface area contributed by atoms with E-state index in [4.69, 9.17) is 16.3 Å². The van der Waals surface area contributed by atoms with E-state index in [2.05, 4.69) is 82.6 Å². The van der Waals surface area contributed by atoms with Crippen LogP contribution in [0.5, 0.6) is 5.75 Å². The summed E-state index contributed by atoms with van der Waals surface area (Å²) in [5.41, 5.74) is 8.37. The molecule has 0 spiro atoms. The molecule has 1 aliphatic heterocycles. The lowest BCUT2D eigenvalue weighted by Crippen LogP contribution is -2.38.